The van der Waals surface area contributed by atoms with Crippen LogP contribution in [-0.2, 0) is 19.1 Å². The molecule has 2 amide bonds. The highest BCUT2D eigenvalue weighted by molar-refractivity contribution is 5.89. The molecule has 2 heterocycles. The Morgan fingerprint density at radius 2 is 2.11 bits per heavy atom. The number of hydrogen-bond acceptors (Lipinski definition) is 5. The first-order valence-corrected chi connectivity index (χ1v) is 6.39. The number of amides is 2. The summed E-state index contributed by atoms with van der Waals surface area (Å²) in [5, 5.41) is 0. The highest BCUT2D eigenvalue weighted by atomic mass is 16.5. The van der Waals surface area contributed by atoms with Crippen LogP contribution in [-0.4, -0.2) is 66.7 Å². The van der Waals surface area contributed by atoms with Gasteiger partial charge in [-0.1, -0.05) is 0 Å². The molecular formula is C12H18N2O5. The fraction of sp³-hybridized carbons (Fsp3) is 0.750. The van der Waals surface area contributed by atoms with Gasteiger partial charge in [-0.15, -0.1) is 0 Å². The molecule has 106 valence electrons. The van der Waals surface area contributed by atoms with E-state index in [0.29, 0.717) is 26.0 Å². The Bertz CT molecular complexity index is 398. The van der Waals surface area contributed by atoms with Gasteiger partial charge in [0, 0.05) is 6.54 Å². The fourth-order valence-corrected chi connectivity index (χ4v) is 2.74. The zero-order valence-electron chi connectivity index (χ0n) is 11.1. The lowest BCUT2D eigenvalue weighted by Gasteiger charge is -2.38. The zero-order chi connectivity index (χ0) is 14.0. The van der Waals surface area contributed by atoms with E-state index in [4.69, 9.17) is 4.74 Å². The van der Waals surface area contributed by atoms with Crippen molar-refractivity contribution in [2.45, 2.75) is 31.8 Å². The number of piperazine rings is 1. The Hall–Kier alpha value is -1.79. The van der Waals surface area contributed by atoms with E-state index in [2.05, 4.69) is 4.74 Å². The lowest BCUT2D eigenvalue weighted by atomic mass is 10.1. The highest BCUT2D eigenvalue weighted by Gasteiger charge is 2.46. The molecule has 2 rings (SSSR count). The fourth-order valence-electron chi connectivity index (χ4n) is 2.74. The number of ether oxygens (including phenoxy) is 2. The molecule has 0 spiro atoms. The second-order valence-electron chi connectivity index (χ2n) is 4.65. The molecule has 0 N–H and O–H groups in total. The van der Waals surface area contributed by atoms with Crippen LogP contribution in [0.3, 0.4) is 0 Å². The van der Waals surface area contributed by atoms with Gasteiger partial charge in [-0.2, -0.15) is 0 Å². The molecule has 0 bridgehead atoms. The normalized spacial score (nSPS) is 26.1. The van der Waals surface area contributed by atoms with Crippen LogP contribution in [0.25, 0.3) is 0 Å². The lowest BCUT2D eigenvalue weighted by molar-refractivity contribution is -0.156. The molecule has 0 radical (unpaired) electrons. The average Bonchev–Trinajstić information content (AvgIpc) is 2.82. The summed E-state index contributed by atoms with van der Waals surface area (Å²) in [5.74, 6) is -0.581. The molecule has 2 fully saturated rings. The number of fused-ring (bicyclic) bond motifs is 1. The van der Waals surface area contributed by atoms with Crippen molar-refractivity contribution in [2.24, 2.45) is 0 Å². The van der Waals surface area contributed by atoms with Gasteiger partial charge < -0.3 is 14.4 Å². The number of hydrogen-bond donors (Lipinski definition) is 0. The third-order valence-corrected chi connectivity index (χ3v) is 3.54. The predicted octanol–water partition coefficient (Wildman–Crippen LogP) is -0.00890. The number of carbonyl (C=O) groups excluding carboxylic acids is 3. The maximum absolute atomic E-state index is 12.1. The SMILES string of the molecule is CCOC(=O)[C@@H]1CC[C@H]2CN(C(=O)OC)CC(=O)N21. The van der Waals surface area contributed by atoms with E-state index in [9.17, 15) is 14.4 Å². The average molecular weight is 270 g/mol. The lowest BCUT2D eigenvalue weighted by Crippen LogP contribution is -2.58. The molecule has 2 saturated heterocycles. The smallest absolute Gasteiger partial charge is 0.410 e. The minimum absolute atomic E-state index is 0.0426. The molecule has 0 aromatic carbocycles. The monoisotopic (exact) mass is 270 g/mol. The summed E-state index contributed by atoms with van der Waals surface area (Å²) in [6.45, 7) is 2.41. The van der Waals surface area contributed by atoms with Crippen molar-refractivity contribution in [3.05, 3.63) is 0 Å². The Morgan fingerprint density at radius 1 is 1.37 bits per heavy atom. The molecule has 0 aromatic rings. The number of carbonyl (C=O) groups is 3. The summed E-state index contributed by atoms with van der Waals surface area (Å²) < 4.78 is 9.60. The van der Waals surface area contributed by atoms with Gasteiger partial charge in [-0.3, -0.25) is 9.69 Å². The van der Waals surface area contributed by atoms with Crippen LogP contribution in [0, 0.1) is 0 Å². The van der Waals surface area contributed by atoms with E-state index in [1.54, 1.807) is 11.8 Å². The first kappa shape index (κ1) is 13.6. The Labute approximate surface area is 111 Å². The van der Waals surface area contributed by atoms with Crippen LogP contribution in [0.2, 0.25) is 0 Å². The van der Waals surface area contributed by atoms with Gasteiger partial charge in [0.2, 0.25) is 5.91 Å². The van der Waals surface area contributed by atoms with Crippen LogP contribution in [0.1, 0.15) is 19.8 Å². The van der Waals surface area contributed by atoms with Crippen LogP contribution >= 0.6 is 0 Å². The summed E-state index contributed by atoms with van der Waals surface area (Å²) in [4.78, 5) is 38.3. The van der Waals surface area contributed by atoms with E-state index in [1.807, 2.05) is 0 Å². The molecule has 0 saturated carbocycles. The van der Waals surface area contributed by atoms with Crippen LogP contribution in [0.4, 0.5) is 4.79 Å². The van der Waals surface area contributed by atoms with Gasteiger partial charge in [-0.05, 0) is 19.8 Å². The van der Waals surface area contributed by atoms with Crippen LogP contribution in [0.5, 0.6) is 0 Å². The number of methoxy groups -OCH3 is 1. The third kappa shape index (κ3) is 2.50. The van der Waals surface area contributed by atoms with Crippen molar-refractivity contribution in [1.82, 2.24) is 9.80 Å². The van der Waals surface area contributed by atoms with Gasteiger partial charge in [0.05, 0.1) is 19.8 Å². The second-order valence-corrected chi connectivity index (χ2v) is 4.65. The number of nitrogens with zero attached hydrogens (tertiary/aromatic N) is 2. The summed E-state index contributed by atoms with van der Waals surface area (Å²) >= 11 is 0. The van der Waals surface area contributed by atoms with E-state index in [1.165, 1.54) is 12.0 Å². The molecule has 2 aliphatic heterocycles. The van der Waals surface area contributed by atoms with Crippen molar-refractivity contribution in [2.75, 3.05) is 26.8 Å². The quantitative estimate of drug-likeness (QED) is 0.660. The zero-order valence-corrected chi connectivity index (χ0v) is 11.1. The van der Waals surface area contributed by atoms with Crippen molar-refractivity contribution in [1.29, 1.82) is 0 Å². The molecule has 7 heteroatoms. The first-order valence-electron chi connectivity index (χ1n) is 6.39. The van der Waals surface area contributed by atoms with Gasteiger partial charge in [0.15, 0.2) is 0 Å². The number of rotatable bonds is 2. The molecule has 7 nitrogen and oxygen atoms in total. The largest absolute Gasteiger partial charge is 0.464 e. The van der Waals surface area contributed by atoms with Gasteiger partial charge in [-0.25, -0.2) is 9.59 Å². The molecule has 0 unspecified atom stereocenters. The topological polar surface area (TPSA) is 76.1 Å². The maximum atomic E-state index is 12.1. The van der Waals surface area contributed by atoms with E-state index in [-0.39, 0.29) is 24.5 Å². The van der Waals surface area contributed by atoms with Crippen molar-refractivity contribution in [3.63, 3.8) is 0 Å². The molecule has 2 atom stereocenters. The van der Waals surface area contributed by atoms with Gasteiger partial charge in [0.25, 0.3) is 0 Å². The predicted molar refractivity (Wildman–Crippen MR) is 64.3 cm³/mol. The van der Waals surface area contributed by atoms with Gasteiger partial charge in [0.1, 0.15) is 12.6 Å². The van der Waals surface area contributed by atoms with E-state index >= 15 is 0 Å². The van der Waals surface area contributed by atoms with Crippen molar-refractivity contribution >= 4 is 18.0 Å². The molecule has 0 aromatic heterocycles. The first-order chi connectivity index (χ1) is 9.08. The molecular weight excluding hydrogens is 252 g/mol. The third-order valence-electron chi connectivity index (χ3n) is 3.54. The minimum atomic E-state index is -0.507. The Balaban J connectivity index is 2.07. The standard InChI is InChI=1S/C12H18N2O5/c1-3-19-11(16)9-5-4-8-6-13(12(17)18-2)7-10(15)14(8)9/h8-9H,3-7H2,1-2H3/t8-,9-/m0/s1. The Kier molecular flexibility index (Phi) is 3.92. The molecule has 0 aliphatic carbocycles. The number of esters is 1. The highest BCUT2D eigenvalue weighted by Crippen LogP contribution is 2.29. The van der Waals surface area contributed by atoms with E-state index in [0.717, 1.165) is 0 Å². The van der Waals surface area contributed by atoms with Crippen LogP contribution in [0.15, 0.2) is 0 Å². The maximum Gasteiger partial charge on any atom is 0.410 e. The summed E-state index contributed by atoms with van der Waals surface area (Å²) in [7, 11) is 1.29. The van der Waals surface area contributed by atoms with Crippen molar-refractivity contribution in [3.8, 4) is 0 Å². The van der Waals surface area contributed by atoms with Gasteiger partial charge >= 0.3 is 12.1 Å². The summed E-state index contributed by atoms with van der Waals surface area (Å²) in [6, 6.07) is -0.619. The molecule has 19 heavy (non-hydrogen) atoms. The summed E-state index contributed by atoms with van der Waals surface area (Å²) in [5.41, 5.74) is 0. The van der Waals surface area contributed by atoms with Crippen molar-refractivity contribution < 1.29 is 23.9 Å². The summed E-state index contributed by atoms with van der Waals surface area (Å²) in [6.07, 6.45) is 0.778. The van der Waals surface area contributed by atoms with Crippen LogP contribution < -0.4 is 0 Å². The Morgan fingerprint density at radius 3 is 2.74 bits per heavy atom. The molecule has 2 aliphatic rings. The van der Waals surface area contributed by atoms with E-state index < -0.39 is 12.1 Å². The second kappa shape index (κ2) is 5.46. The minimum Gasteiger partial charge on any atom is -0.464 e.